The largest absolute Gasteiger partial charge is 0.492 e. The predicted molar refractivity (Wildman–Crippen MR) is 103 cm³/mol. The highest BCUT2D eigenvalue weighted by Crippen LogP contribution is 2.35. The fourth-order valence-electron chi connectivity index (χ4n) is 4.13. The Morgan fingerprint density at radius 2 is 2.19 bits per heavy atom. The molecule has 0 radical (unpaired) electrons. The molecule has 27 heavy (non-hydrogen) atoms. The lowest BCUT2D eigenvalue weighted by Crippen LogP contribution is -2.23. The van der Waals surface area contributed by atoms with Gasteiger partial charge >= 0.3 is 0 Å². The van der Waals surface area contributed by atoms with Crippen molar-refractivity contribution in [1.29, 1.82) is 0 Å². The Labute approximate surface area is 158 Å². The van der Waals surface area contributed by atoms with E-state index in [1.165, 1.54) is 3.97 Å². The summed E-state index contributed by atoms with van der Waals surface area (Å²) in [6.07, 6.45) is 7.23. The fraction of sp³-hybridized carbons (Fsp3) is 0.350. The number of pyridine rings is 1. The van der Waals surface area contributed by atoms with E-state index >= 15 is 0 Å². The molecule has 2 aliphatic rings. The second-order valence-corrected chi connectivity index (χ2v) is 8.95. The Morgan fingerprint density at radius 3 is 3.04 bits per heavy atom. The van der Waals surface area contributed by atoms with E-state index in [4.69, 9.17) is 4.74 Å². The normalized spacial score (nSPS) is 19.3. The number of nitrogens with zero attached hydrogens (tertiary/aromatic N) is 2. The van der Waals surface area contributed by atoms with Gasteiger partial charge in [0, 0.05) is 24.9 Å². The van der Waals surface area contributed by atoms with Crippen molar-refractivity contribution in [3.8, 4) is 5.75 Å². The van der Waals surface area contributed by atoms with Crippen molar-refractivity contribution >= 4 is 21.1 Å². The SMILES string of the molecule is O=S(=O)(c1cccc2c1OCC2)n1cc(C[C@@H]2CCCN2)c2ncccc21. The average molecular weight is 383 g/mol. The fourth-order valence-corrected chi connectivity index (χ4v) is 5.69. The van der Waals surface area contributed by atoms with Gasteiger partial charge in [-0.15, -0.1) is 0 Å². The van der Waals surface area contributed by atoms with Gasteiger partial charge in [0.2, 0.25) is 0 Å². The van der Waals surface area contributed by atoms with Crippen LogP contribution in [0.15, 0.2) is 47.6 Å². The third kappa shape index (κ3) is 2.73. The third-order valence-electron chi connectivity index (χ3n) is 5.44. The first-order chi connectivity index (χ1) is 13.1. The molecule has 2 aliphatic heterocycles. The molecule has 0 unspecified atom stereocenters. The van der Waals surface area contributed by atoms with Crippen LogP contribution in [0.2, 0.25) is 0 Å². The monoisotopic (exact) mass is 383 g/mol. The maximum atomic E-state index is 13.5. The summed E-state index contributed by atoms with van der Waals surface area (Å²) in [4.78, 5) is 4.70. The predicted octanol–water partition coefficient (Wildman–Crippen LogP) is 2.50. The molecule has 3 aromatic rings. The minimum atomic E-state index is -3.77. The molecule has 1 saturated heterocycles. The minimum Gasteiger partial charge on any atom is -0.492 e. The van der Waals surface area contributed by atoms with Crippen molar-refractivity contribution in [2.45, 2.75) is 36.6 Å². The van der Waals surface area contributed by atoms with Gasteiger partial charge in [-0.3, -0.25) is 4.98 Å². The molecule has 1 atom stereocenters. The van der Waals surface area contributed by atoms with Gasteiger partial charge in [0.05, 0.1) is 17.6 Å². The van der Waals surface area contributed by atoms with Gasteiger partial charge in [-0.25, -0.2) is 12.4 Å². The summed E-state index contributed by atoms with van der Waals surface area (Å²) in [5.41, 5.74) is 3.27. The molecule has 5 rings (SSSR count). The maximum absolute atomic E-state index is 13.5. The molecule has 6 nitrogen and oxygen atoms in total. The second-order valence-electron chi connectivity index (χ2n) is 7.17. The average Bonchev–Trinajstić information content (AvgIpc) is 3.42. The van der Waals surface area contributed by atoms with Crippen LogP contribution in [0.3, 0.4) is 0 Å². The number of benzene rings is 1. The molecule has 7 heteroatoms. The Bertz CT molecular complexity index is 1110. The molecular weight excluding hydrogens is 362 g/mol. The van der Waals surface area contributed by atoms with Crippen molar-refractivity contribution in [2.75, 3.05) is 13.2 Å². The summed E-state index contributed by atoms with van der Waals surface area (Å²) >= 11 is 0. The number of hydrogen-bond donors (Lipinski definition) is 1. The van der Waals surface area contributed by atoms with E-state index in [1.807, 2.05) is 12.1 Å². The Balaban J connectivity index is 1.65. The molecule has 2 aromatic heterocycles. The molecule has 0 bridgehead atoms. The first-order valence-corrected chi connectivity index (χ1v) is 10.8. The first-order valence-electron chi connectivity index (χ1n) is 9.33. The summed E-state index contributed by atoms with van der Waals surface area (Å²) in [6.45, 7) is 1.54. The van der Waals surface area contributed by atoms with Gasteiger partial charge in [0.1, 0.15) is 10.6 Å². The quantitative estimate of drug-likeness (QED) is 0.749. The molecule has 4 heterocycles. The number of aromatic nitrogens is 2. The minimum absolute atomic E-state index is 0.226. The van der Waals surface area contributed by atoms with Crippen LogP contribution in [-0.2, 0) is 22.9 Å². The van der Waals surface area contributed by atoms with Gasteiger partial charge in [-0.2, -0.15) is 0 Å². The van der Waals surface area contributed by atoms with Crippen LogP contribution in [-0.4, -0.2) is 36.6 Å². The summed E-state index contributed by atoms with van der Waals surface area (Å²) < 4.78 is 34.0. The topological polar surface area (TPSA) is 73.2 Å². The third-order valence-corrected chi connectivity index (χ3v) is 7.14. The zero-order valence-electron chi connectivity index (χ0n) is 14.9. The lowest BCUT2D eigenvalue weighted by molar-refractivity contribution is 0.348. The summed E-state index contributed by atoms with van der Waals surface area (Å²) in [5, 5.41) is 3.48. The number of ether oxygens (including phenoxy) is 1. The number of rotatable bonds is 4. The van der Waals surface area contributed by atoms with Gasteiger partial charge in [-0.1, -0.05) is 12.1 Å². The smallest absolute Gasteiger partial charge is 0.271 e. The Hall–Kier alpha value is -2.38. The van der Waals surface area contributed by atoms with Crippen LogP contribution in [0.1, 0.15) is 24.0 Å². The van der Waals surface area contributed by atoms with Crippen LogP contribution < -0.4 is 10.1 Å². The first kappa shape index (κ1) is 16.8. The number of para-hydroxylation sites is 1. The van der Waals surface area contributed by atoms with E-state index in [0.29, 0.717) is 23.9 Å². The molecular formula is C20H21N3O3S. The van der Waals surface area contributed by atoms with Crippen molar-refractivity contribution in [2.24, 2.45) is 0 Å². The van der Waals surface area contributed by atoms with Crippen molar-refractivity contribution in [3.63, 3.8) is 0 Å². The van der Waals surface area contributed by atoms with Crippen LogP contribution >= 0.6 is 0 Å². The van der Waals surface area contributed by atoms with Crippen LogP contribution in [0, 0.1) is 0 Å². The highest BCUT2D eigenvalue weighted by Gasteiger charge is 2.29. The number of fused-ring (bicyclic) bond motifs is 2. The number of hydrogen-bond acceptors (Lipinski definition) is 5. The van der Waals surface area contributed by atoms with E-state index < -0.39 is 10.0 Å². The number of nitrogens with one attached hydrogen (secondary N) is 1. The zero-order valence-corrected chi connectivity index (χ0v) is 15.7. The molecule has 0 spiro atoms. The highest BCUT2D eigenvalue weighted by molar-refractivity contribution is 7.90. The molecule has 0 aliphatic carbocycles. The molecule has 0 amide bonds. The molecule has 1 fully saturated rings. The van der Waals surface area contributed by atoms with Crippen molar-refractivity contribution < 1.29 is 13.2 Å². The Morgan fingerprint density at radius 1 is 1.26 bits per heavy atom. The van der Waals surface area contributed by atoms with E-state index in [9.17, 15) is 8.42 Å². The molecule has 1 aromatic carbocycles. The summed E-state index contributed by atoms with van der Waals surface area (Å²) in [5.74, 6) is 0.488. The van der Waals surface area contributed by atoms with Crippen LogP contribution in [0.5, 0.6) is 5.75 Å². The van der Waals surface area contributed by atoms with Gasteiger partial charge in [0.25, 0.3) is 10.0 Å². The Kier molecular flexibility index (Phi) is 3.94. The van der Waals surface area contributed by atoms with Crippen molar-refractivity contribution in [1.82, 2.24) is 14.3 Å². The lowest BCUT2D eigenvalue weighted by Gasteiger charge is -2.11. The van der Waals surface area contributed by atoms with E-state index in [1.54, 1.807) is 30.6 Å². The standard InChI is InChI=1S/C20H21N3O3S/c24-27(25,18-7-1-4-14-8-11-26-20(14)18)23-13-15(12-16-5-2-9-21-16)19-17(23)6-3-10-22-19/h1,3-4,6-7,10,13,16,21H,2,5,8-9,11-12H2/t16-/m0/s1. The lowest BCUT2D eigenvalue weighted by atomic mass is 10.1. The second kappa shape index (κ2) is 6.35. The van der Waals surface area contributed by atoms with E-state index in [-0.39, 0.29) is 4.90 Å². The van der Waals surface area contributed by atoms with Crippen LogP contribution in [0.25, 0.3) is 11.0 Å². The zero-order chi connectivity index (χ0) is 18.4. The summed E-state index contributed by atoms with van der Waals surface area (Å²) in [7, 11) is -3.77. The van der Waals surface area contributed by atoms with Crippen molar-refractivity contribution in [3.05, 3.63) is 53.9 Å². The molecule has 140 valence electrons. The van der Waals surface area contributed by atoms with E-state index in [0.717, 1.165) is 48.9 Å². The summed E-state index contributed by atoms with van der Waals surface area (Å²) in [6, 6.07) is 9.30. The van der Waals surface area contributed by atoms with Crippen LogP contribution in [0.4, 0.5) is 0 Å². The van der Waals surface area contributed by atoms with Gasteiger partial charge < -0.3 is 10.1 Å². The molecule has 1 N–H and O–H groups in total. The van der Waals surface area contributed by atoms with E-state index in [2.05, 4.69) is 10.3 Å². The van der Waals surface area contributed by atoms with Gasteiger partial charge in [0.15, 0.2) is 0 Å². The molecule has 0 saturated carbocycles. The highest BCUT2D eigenvalue weighted by atomic mass is 32.2. The maximum Gasteiger partial charge on any atom is 0.271 e. The van der Waals surface area contributed by atoms with Gasteiger partial charge in [-0.05, 0) is 55.1 Å².